The first kappa shape index (κ1) is 14.5. The van der Waals surface area contributed by atoms with Gasteiger partial charge >= 0.3 is 0 Å². The molecule has 0 aliphatic rings. The van der Waals surface area contributed by atoms with E-state index < -0.39 is 0 Å². The molecule has 108 valence electrons. The van der Waals surface area contributed by atoms with Crippen LogP contribution in [0.25, 0.3) is 16.9 Å². The van der Waals surface area contributed by atoms with Crippen molar-refractivity contribution in [2.45, 2.75) is 26.1 Å². The number of rotatable bonds is 2. The number of fused-ring (bicyclic) bond motifs is 1. The molecule has 2 aromatic heterocycles. The summed E-state index contributed by atoms with van der Waals surface area (Å²) in [6.45, 7) is 5.97. The van der Waals surface area contributed by atoms with Crippen molar-refractivity contribution >= 4 is 38.7 Å². The van der Waals surface area contributed by atoms with E-state index in [4.69, 9.17) is 11.6 Å². The summed E-state index contributed by atoms with van der Waals surface area (Å²) in [5.74, 6) is 0.808. The molecular weight excluding hydrogens is 350 g/mol. The van der Waals surface area contributed by atoms with E-state index >= 15 is 0 Å². The average Bonchev–Trinajstić information content (AvgIpc) is 2.76. The molecule has 0 amide bonds. The summed E-state index contributed by atoms with van der Waals surface area (Å²) in [5, 5.41) is -0.196. The van der Waals surface area contributed by atoms with Gasteiger partial charge in [0.05, 0.1) is 11.1 Å². The molecule has 21 heavy (non-hydrogen) atoms. The average molecular weight is 365 g/mol. The zero-order chi connectivity index (χ0) is 15.1. The van der Waals surface area contributed by atoms with Crippen molar-refractivity contribution in [3.05, 3.63) is 51.9 Å². The lowest BCUT2D eigenvalue weighted by atomic mass is 10.2. The number of pyridine rings is 1. The third-order valence-electron chi connectivity index (χ3n) is 3.31. The molecule has 0 aliphatic heterocycles. The molecule has 0 spiro atoms. The number of aromatic nitrogens is 3. The molecule has 3 aromatic rings. The van der Waals surface area contributed by atoms with Crippen LogP contribution in [-0.4, -0.2) is 14.5 Å². The number of imidazole rings is 1. The molecule has 2 heterocycles. The maximum absolute atomic E-state index is 6.33. The first-order valence-corrected chi connectivity index (χ1v) is 7.96. The number of hydrogen-bond acceptors (Lipinski definition) is 2. The normalized spacial score (nSPS) is 12.8. The van der Waals surface area contributed by atoms with Crippen LogP contribution in [0.15, 0.2) is 34.8 Å². The molecule has 0 radical (unpaired) electrons. The van der Waals surface area contributed by atoms with Gasteiger partial charge in [-0.3, -0.25) is 4.57 Å². The molecule has 1 unspecified atom stereocenters. The fraction of sp³-hybridized carbons (Fsp3) is 0.250. The Balaban J connectivity index is 2.38. The predicted molar refractivity (Wildman–Crippen MR) is 90.3 cm³/mol. The standard InChI is InChI=1S/C16H15BrClN3/c1-9-6-12(17)8-13(7-9)21-15(11(3)18)20-14-5-4-10(2)19-16(14)21/h4-8,11H,1-3H3. The summed E-state index contributed by atoms with van der Waals surface area (Å²) < 4.78 is 3.07. The highest BCUT2D eigenvalue weighted by molar-refractivity contribution is 9.10. The van der Waals surface area contributed by atoms with Gasteiger partial charge < -0.3 is 0 Å². The van der Waals surface area contributed by atoms with Gasteiger partial charge in [0, 0.05) is 10.2 Å². The quantitative estimate of drug-likeness (QED) is 0.592. The lowest BCUT2D eigenvalue weighted by Gasteiger charge is -2.11. The Morgan fingerprint density at radius 3 is 2.57 bits per heavy atom. The van der Waals surface area contributed by atoms with Crippen LogP contribution in [0.1, 0.15) is 29.4 Å². The second-order valence-corrected chi connectivity index (χ2v) is 6.77. The molecule has 0 bridgehead atoms. The summed E-state index contributed by atoms with van der Waals surface area (Å²) >= 11 is 9.88. The van der Waals surface area contributed by atoms with Crippen molar-refractivity contribution in [2.24, 2.45) is 0 Å². The Kier molecular flexibility index (Phi) is 3.76. The van der Waals surface area contributed by atoms with E-state index in [1.807, 2.05) is 30.5 Å². The fourth-order valence-electron chi connectivity index (χ4n) is 2.44. The molecule has 1 aromatic carbocycles. The number of aryl methyl sites for hydroxylation is 2. The maximum Gasteiger partial charge on any atom is 0.164 e. The van der Waals surface area contributed by atoms with Crippen molar-refractivity contribution in [2.75, 3.05) is 0 Å². The Labute approximate surface area is 137 Å². The van der Waals surface area contributed by atoms with E-state index in [1.165, 1.54) is 5.56 Å². The Morgan fingerprint density at radius 1 is 1.14 bits per heavy atom. The molecule has 3 rings (SSSR count). The minimum absolute atomic E-state index is 0.196. The van der Waals surface area contributed by atoms with E-state index in [0.717, 1.165) is 32.8 Å². The Morgan fingerprint density at radius 2 is 1.90 bits per heavy atom. The van der Waals surface area contributed by atoms with Crippen LogP contribution in [0.4, 0.5) is 0 Å². The van der Waals surface area contributed by atoms with Crippen LogP contribution in [0.3, 0.4) is 0 Å². The van der Waals surface area contributed by atoms with Gasteiger partial charge in [0.2, 0.25) is 0 Å². The number of benzene rings is 1. The second-order valence-electron chi connectivity index (χ2n) is 5.20. The first-order valence-electron chi connectivity index (χ1n) is 6.73. The van der Waals surface area contributed by atoms with Gasteiger partial charge in [-0.25, -0.2) is 9.97 Å². The Bertz CT molecular complexity index is 803. The molecule has 0 saturated carbocycles. The summed E-state index contributed by atoms with van der Waals surface area (Å²) in [5.41, 5.74) is 4.85. The van der Waals surface area contributed by atoms with Crippen molar-refractivity contribution in [1.29, 1.82) is 0 Å². The van der Waals surface area contributed by atoms with Crippen LogP contribution in [0, 0.1) is 13.8 Å². The minimum Gasteiger partial charge on any atom is -0.279 e. The maximum atomic E-state index is 6.33. The highest BCUT2D eigenvalue weighted by Crippen LogP contribution is 2.29. The van der Waals surface area contributed by atoms with E-state index in [2.05, 4.69) is 51.0 Å². The lowest BCUT2D eigenvalue weighted by molar-refractivity contribution is 0.875. The topological polar surface area (TPSA) is 30.7 Å². The van der Waals surface area contributed by atoms with Crippen LogP contribution < -0.4 is 0 Å². The van der Waals surface area contributed by atoms with Gasteiger partial charge in [-0.15, -0.1) is 11.6 Å². The Hall–Kier alpha value is -1.39. The SMILES string of the molecule is Cc1cc(Br)cc(-n2c(C(C)Cl)nc3ccc(C)nc32)c1. The number of halogens is 2. The summed E-state index contributed by atoms with van der Waals surface area (Å²) in [6.07, 6.45) is 0. The molecular formula is C16H15BrClN3. The molecule has 0 N–H and O–H groups in total. The molecule has 1 atom stereocenters. The lowest BCUT2D eigenvalue weighted by Crippen LogP contribution is -2.03. The van der Waals surface area contributed by atoms with Gasteiger partial charge in [0.15, 0.2) is 5.65 Å². The second kappa shape index (κ2) is 5.43. The smallest absolute Gasteiger partial charge is 0.164 e. The van der Waals surface area contributed by atoms with Crippen molar-refractivity contribution in [3.63, 3.8) is 0 Å². The first-order chi connectivity index (χ1) is 9.95. The zero-order valence-electron chi connectivity index (χ0n) is 12.1. The van der Waals surface area contributed by atoms with Gasteiger partial charge in [-0.05, 0) is 56.7 Å². The third kappa shape index (κ3) is 2.70. The monoisotopic (exact) mass is 363 g/mol. The summed E-state index contributed by atoms with van der Waals surface area (Å²) in [7, 11) is 0. The number of alkyl halides is 1. The molecule has 0 aliphatic carbocycles. The zero-order valence-corrected chi connectivity index (χ0v) is 14.4. The number of nitrogens with zero attached hydrogens (tertiary/aromatic N) is 3. The van der Waals surface area contributed by atoms with Crippen LogP contribution in [-0.2, 0) is 0 Å². The minimum atomic E-state index is -0.196. The third-order valence-corrected chi connectivity index (χ3v) is 3.96. The van der Waals surface area contributed by atoms with Gasteiger partial charge in [0.25, 0.3) is 0 Å². The molecule has 3 nitrogen and oxygen atoms in total. The summed E-state index contributed by atoms with van der Waals surface area (Å²) in [4.78, 5) is 9.28. The van der Waals surface area contributed by atoms with E-state index in [9.17, 15) is 0 Å². The van der Waals surface area contributed by atoms with Crippen LogP contribution in [0.2, 0.25) is 0 Å². The highest BCUT2D eigenvalue weighted by Gasteiger charge is 2.17. The highest BCUT2D eigenvalue weighted by atomic mass is 79.9. The summed E-state index contributed by atoms with van der Waals surface area (Å²) in [6, 6.07) is 10.2. The van der Waals surface area contributed by atoms with Crippen molar-refractivity contribution < 1.29 is 0 Å². The molecule has 0 fully saturated rings. The molecule has 5 heteroatoms. The largest absolute Gasteiger partial charge is 0.279 e. The van der Waals surface area contributed by atoms with E-state index in [0.29, 0.717) is 0 Å². The molecule has 0 saturated heterocycles. The fourth-order valence-corrected chi connectivity index (χ4v) is 3.18. The van der Waals surface area contributed by atoms with Gasteiger partial charge in [0.1, 0.15) is 11.3 Å². The van der Waals surface area contributed by atoms with E-state index in [1.54, 1.807) is 0 Å². The van der Waals surface area contributed by atoms with Crippen molar-refractivity contribution in [1.82, 2.24) is 14.5 Å². The van der Waals surface area contributed by atoms with E-state index in [-0.39, 0.29) is 5.38 Å². The number of hydrogen-bond donors (Lipinski definition) is 0. The predicted octanol–water partition coefficient (Wildman–Crippen LogP) is 5.10. The van der Waals surface area contributed by atoms with Gasteiger partial charge in [-0.1, -0.05) is 15.9 Å². The van der Waals surface area contributed by atoms with Crippen LogP contribution in [0.5, 0.6) is 0 Å². The van der Waals surface area contributed by atoms with Gasteiger partial charge in [-0.2, -0.15) is 0 Å². The van der Waals surface area contributed by atoms with Crippen molar-refractivity contribution in [3.8, 4) is 5.69 Å². The van der Waals surface area contributed by atoms with Crippen LogP contribution >= 0.6 is 27.5 Å².